The van der Waals surface area contributed by atoms with Crippen LogP contribution in [0.3, 0.4) is 0 Å². The highest BCUT2D eigenvalue weighted by Gasteiger charge is 2.34. The van der Waals surface area contributed by atoms with Crippen molar-refractivity contribution in [1.82, 2.24) is 10.2 Å². The molecule has 1 amide bonds. The SMILES string of the molecule is C=CCN(C)C(=O)CC1CC2CCC(C1)N2.Cl. The van der Waals surface area contributed by atoms with Gasteiger partial charge in [0.25, 0.3) is 0 Å². The van der Waals surface area contributed by atoms with Gasteiger partial charge in [-0.2, -0.15) is 0 Å². The minimum Gasteiger partial charge on any atom is -0.342 e. The third-order valence-electron chi connectivity index (χ3n) is 3.86. The highest BCUT2D eigenvalue weighted by molar-refractivity contribution is 5.85. The maximum absolute atomic E-state index is 11.9. The summed E-state index contributed by atoms with van der Waals surface area (Å²) in [6.07, 6.45) is 7.48. The number of carbonyl (C=O) groups excluding carboxylic acids is 1. The van der Waals surface area contributed by atoms with Gasteiger partial charge in [0.15, 0.2) is 0 Å². The minimum atomic E-state index is 0. The first-order valence-corrected chi connectivity index (χ1v) is 6.30. The van der Waals surface area contributed by atoms with Crippen LogP contribution in [-0.2, 0) is 4.79 Å². The first-order chi connectivity index (χ1) is 7.69. The molecule has 2 saturated heterocycles. The summed E-state index contributed by atoms with van der Waals surface area (Å²) < 4.78 is 0. The average Bonchev–Trinajstić information content (AvgIpc) is 2.58. The zero-order valence-electron chi connectivity index (χ0n) is 10.5. The summed E-state index contributed by atoms with van der Waals surface area (Å²) >= 11 is 0. The fraction of sp³-hybridized carbons (Fsp3) is 0.769. The lowest BCUT2D eigenvalue weighted by Gasteiger charge is -2.29. The Hall–Kier alpha value is -0.540. The van der Waals surface area contributed by atoms with Gasteiger partial charge >= 0.3 is 0 Å². The Morgan fingerprint density at radius 2 is 2.00 bits per heavy atom. The van der Waals surface area contributed by atoms with Crippen molar-refractivity contribution in [2.75, 3.05) is 13.6 Å². The number of nitrogens with zero attached hydrogens (tertiary/aromatic N) is 1. The Bertz CT molecular complexity index is 271. The zero-order valence-corrected chi connectivity index (χ0v) is 11.3. The van der Waals surface area contributed by atoms with Crippen molar-refractivity contribution in [3.63, 3.8) is 0 Å². The molecule has 0 spiro atoms. The Kier molecular flexibility index (Phi) is 5.47. The predicted molar refractivity (Wildman–Crippen MR) is 72.4 cm³/mol. The lowest BCUT2D eigenvalue weighted by Crippen LogP contribution is -2.40. The Balaban J connectivity index is 0.00000144. The number of nitrogens with one attached hydrogen (secondary N) is 1. The van der Waals surface area contributed by atoms with Crippen LogP contribution in [0.1, 0.15) is 32.1 Å². The van der Waals surface area contributed by atoms with E-state index < -0.39 is 0 Å². The van der Waals surface area contributed by atoms with Crippen molar-refractivity contribution in [3.8, 4) is 0 Å². The van der Waals surface area contributed by atoms with Crippen LogP contribution in [-0.4, -0.2) is 36.5 Å². The van der Waals surface area contributed by atoms with Crippen molar-refractivity contribution < 1.29 is 4.79 Å². The van der Waals surface area contributed by atoms with Gasteiger partial charge in [-0.25, -0.2) is 0 Å². The van der Waals surface area contributed by atoms with Crippen LogP contribution in [0, 0.1) is 5.92 Å². The van der Waals surface area contributed by atoms with Crippen molar-refractivity contribution in [1.29, 1.82) is 0 Å². The van der Waals surface area contributed by atoms with E-state index in [9.17, 15) is 4.79 Å². The molecule has 3 nitrogen and oxygen atoms in total. The predicted octanol–water partition coefficient (Wildman–Crippen LogP) is 1.97. The number of rotatable bonds is 4. The van der Waals surface area contributed by atoms with Gasteiger partial charge in [-0.3, -0.25) is 4.79 Å². The minimum absolute atomic E-state index is 0. The Morgan fingerprint density at radius 3 is 2.53 bits per heavy atom. The lowest BCUT2D eigenvalue weighted by molar-refractivity contribution is -0.130. The summed E-state index contributed by atoms with van der Waals surface area (Å²) in [5.74, 6) is 0.865. The summed E-state index contributed by atoms with van der Waals surface area (Å²) in [4.78, 5) is 13.7. The summed E-state index contributed by atoms with van der Waals surface area (Å²) in [6.45, 7) is 4.32. The number of piperidine rings is 1. The molecule has 2 unspecified atom stereocenters. The number of hydrogen-bond acceptors (Lipinski definition) is 2. The number of carbonyl (C=O) groups is 1. The van der Waals surface area contributed by atoms with E-state index in [0.717, 1.165) is 6.42 Å². The summed E-state index contributed by atoms with van der Waals surface area (Å²) in [5, 5.41) is 3.61. The van der Waals surface area contributed by atoms with Crippen LogP contribution < -0.4 is 5.32 Å². The summed E-state index contributed by atoms with van der Waals surface area (Å²) in [7, 11) is 1.86. The van der Waals surface area contributed by atoms with E-state index in [1.807, 2.05) is 7.05 Å². The van der Waals surface area contributed by atoms with Gasteiger partial charge in [0, 0.05) is 32.1 Å². The van der Waals surface area contributed by atoms with E-state index in [1.54, 1.807) is 11.0 Å². The maximum atomic E-state index is 11.9. The number of amides is 1. The highest BCUT2D eigenvalue weighted by atomic mass is 35.5. The van der Waals surface area contributed by atoms with Crippen LogP contribution in [0.25, 0.3) is 0 Å². The fourth-order valence-electron chi connectivity index (χ4n) is 3.04. The van der Waals surface area contributed by atoms with E-state index >= 15 is 0 Å². The second kappa shape index (κ2) is 6.41. The van der Waals surface area contributed by atoms with Crippen molar-refractivity contribution in [2.45, 2.75) is 44.2 Å². The van der Waals surface area contributed by atoms with E-state index in [-0.39, 0.29) is 18.3 Å². The summed E-state index contributed by atoms with van der Waals surface area (Å²) in [5.41, 5.74) is 0. The van der Waals surface area contributed by atoms with Crippen LogP contribution in [0.2, 0.25) is 0 Å². The number of likely N-dealkylation sites (N-methyl/N-ethyl adjacent to an activating group) is 1. The molecule has 2 atom stereocenters. The van der Waals surface area contributed by atoms with Gasteiger partial charge in [0.2, 0.25) is 5.91 Å². The van der Waals surface area contributed by atoms with E-state index in [2.05, 4.69) is 11.9 Å². The maximum Gasteiger partial charge on any atom is 0.222 e. The fourth-order valence-corrected chi connectivity index (χ4v) is 3.04. The molecule has 2 aliphatic rings. The third-order valence-corrected chi connectivity index (χ3v) is 3.86. The molecule has 2 rings (SSSR count). The molecule has 98 valence electrons. The standard InChI is InChI=1S/C13H22N2O.ClH/c1-3-6-15(2)13(16)9-10-7-11-4-5-12(8-10)14-11;/h3,10-12,14H,1,4-9H2,2H3;1H. The molecule has 0 aromatic heterocycles. The van der Waals surface area contributed by atoms with Crippen molar-refractivity contribution >= 4 is 18.3 Å². The third kappa shape index (κ3) is 3.71. The molecular weight excluding hydrogens is 236 g/mol. The molecule has 2 aliphatic heterocycles. The molecule has 0 aromatic carbocycles. The van der Waals surface area contributed by atoms with E-state index in [4.69, 9.17) is 0 Å². The monoisotopic (exact) mass is 258 g/mol. The molecule has 17 heavy (non-hydrogen) atoms. The molecule has 4 heteroatoms. The van der Waals surface area contributed by atoms with Gasteiger partial charge in [0.05, 0.1) is 0 Å². The molecule has 2 heterocycles. The van der Waals surface area contributed by atoms with Gasteiger partial charge < -0.3 is 10.2 Å². The van der Waals surface area contributed by atoms with Gasteiger partial charge in [0.1, 0.15) is 0 Å². The molecule has 0 aliphatic carbocycles. The quantitative estimate of drug-likeness (QED) is 0.782. The zero-order chi connectivity index (χ0) is 11.5. The smallest absolute Gasteiger partial charge is 0.222 e. The largest absolute Gasteiger partial charge is 0.342 e. The molecule has 2 fully saturated rings. The van der Waals surface area contributed by atoms with E-state index in [0.29, 0.717) is 24.5 Å². The topological polar surface area (TPSA) is 32.3 Å². The molecule has 0 aromatic rings. The highest BCUT2D eigenvalue weighted by Crippen LogP contribution is 2.32. The Labute approximate surface area is 110 Å². The van der Waals surface area contributed by atoms with E-state index in [1.165, 1.54) is 25.7 Å². The first-order valence-electron chi connectivity index (χ1n) is 6.30. The molecular formula is C13H23ClN2O. The number of fused-ring (bicyclic) bond motifs is 2. The Morgan fingerprint density at radius 1 is 1.41 bits per heavy atom. The van der Waals surface area contributed by atoms with Crippen LogP contribution >= 0.6 is 12.4 Å². The normalized spacial score (nSPS) is 30.5. The second-order valence-electron chi connectivity index (χ2n) is 5.24. The molecule has 0 radical (unpaired) electrons. The molecule has 0 saturated carbocycles. The van der Waals surface area contributed by atoms with Gasteiger partial charge in [-0.05, 0) is 31.6 Å². The van der Waals surface area contributed by atoms with Crippen molar-refractivity contribution in [3.05, 3.63) is 12.7 Å². The molecule has 2 bridgehead atoms. The van der Waals surface area contributed by atoms with Crippen LogP contribution in [0.5, 0.6) is 0 Å². The lowest BCUT2D eigenvalue weighted by atomic mass is 9.89. The van der Waals surface area contributed by atoms with Crippen LogP contribution in [0.4, 0.5) is 0 Å². The summed E-state index contributed by atoms with van der Waals surface area (Å²) in [6, 6.07) is 1.36. The van der Waals surface area contributed by atoms with Crippen LogP contribution in [0.15, 0.2) is 12.7 Å². The first kappa shape index (κ1) is 14.5. The van der Waals surface area contributed by atoms with Gasteiger partial charge in [-0.1, -0.05) is 6.08 Å². The van der Waals surface area contributed by atoms with Crippen molar-refractivity contribution in [2.24, 2.45) is 5.92 Å². The molecule has 1 N–H and O–H groups in total. The second-order valence-corrected chi connectivity index (χ2v) is 5.24. The number of hydrogen-bond donors (Lipinski definition) is 1. The number of halogens is 1. The average molecular weight is 259 g/mol. The van der Waals surface area contributed by atoms with Gasteiger partial charge in [-0.15, -0.1) is 19.0 Å².